The highest BCUT2D eigenvalue weighted by Gasteiger charge is 2.09. The average Bonchev–Trinajstić information content (AvgIpc) is 3.21. The molecule has 0 atom stereocenters. The van der Waals surface area contributed by atoms with E-state index in [1.165, 1.54) is 12.1 Å². The number of nitrogens with zero attached hydrogens (tertiary/aromatic N) is 3. The Balaban J connectivity index is 1.56. The van der Waals surface area contributed by atoms with Crippen molar-refractivity contribution >= 4 is 39.6 Å². The molecule has 2 aromatic heterocycles. The maximum Gasteiger partial charge on any atom is 0.206 e. The fourth-order valence-electron chi connectivity index (χ4n) is 1.86. The Bertz CT molecular complexity index is 783. The molecule has 1 N–H and O–H groups in total. The summed E-state index contributed by atoms with van der Waals surface area (Å²) in [6.07, 6.45) is 0. The lowest BCUT2D eigenvalue weighted by molar-refractivity contribution is 0.628. The monoisotopic (exact) mass is 380 g/mol. The lowest BCUT2D eigenvalue weighted by atomic mass is 10.2. The average molecular weight is 381 g/mol. The molecule has 2 heterocycles. The van der Waals surface area contributed by atoms with Crippen LogP contribution in [0, 0.1) is 11.7 Å². The predicted octanol–water partition coefficient (Wildman–Crippen LogP) is 5.16. The summed E-state index contributed by atoms with van der Waals surface area (Å²) in [6, 6.07) is 6.42. The third-order valence-electron chi connectivity index (χ3n) is 3.05. The Kier molecular flexibility index (Phi) is 5.80. The number of hydrogen-bond donors (Lipinski definition) is 1. The zero-order chi connectivity index (χ0) is 16.9. The van der Waals surface area contributed by atoms with Crippen molar-refractivity contribution in [1.29, 1.82) is 0 Å². The maximum absolute atomic E-state index is 13.0. The Morgan fingerprint density at radius 3 is 2.75 bits per heavy atom. The van der Waals surface area contributed by atoms with Crippen molar-refractivity contribution in [3.8, 4) is 10.6 Å². The number of nitrogens with one attached hydrogen (secondary N) is 1. The summed E-state index contributed by atoms with van der Waals surface area (Å²) in [7, 11) is 0. The number of benzene rings is 1. The van der Waals surface area contributed by atoms with Crippen molar-refractivity contribution in [2.75, 3.05) is 11.9 Å². The van der Waals surface area contributed by atoms with Gasteiger partial charge in [-0.3, -0.25) is 0 Å². The molecule has 1 aromatic carbocycles. The maximum atomic E-state index is 13.0. The molecule has 0 fully saturated rings. The van der Waals surface area contributed by atoms with Gasteiger partial charge in [-0.15, -0.1) is 21.5 Å². The molecule has 0 bridgehead atoms. The number of thioether (sulfide) groups is 1. The quantitative estimate of drug-likeness (QED) is 0.574. The lowest BCUT2D eigenvalue weighted by Crippen LogP contribution is -2.07. The van der Waals surface area contributed by atoms with E-state index in [4.69, 9.17) is 0 Å². The van der Waals surface area contributed by atoms with Crippen LogP contribution in [-0.4, -0.2) is 21.7 Å². The Morgan fingerprint density at radius 1 is 1.21 bits per heavy atom. The number of thiazole rings is 1. The van der Waals surface area contributed by atoms with Crippen LogP contribution in [-0.2, 0) is 5.75 Å². The van der Waals surface area contributed by atoms with Gasteiger partial charge in [-0.25, -0.2) is 9.37 Å². The Labute approximate surface area is 152 Å². The van der Waals surface area contributed by atoms with Crippen LogP contribution in [0.15, 0.2) is 34.0 Å². The van der Waals surface area contributed by atoms with Crippen molar-refractivity contribution in [2.24, 2.45) is 5.92 Å². The first-order valence-electron chi connectivity index (χ1n) is 7.50. The molecule has 3 aromatic rings. The molecule has 0 aliphatic carbocycles. The van der Waals surface area contributed by atoms with Crippen LogP contribution < -0.4 is 5.32 Å². The van der Waals surface area contributed by atoms with Crippen molar-refractivity contribution in [1.82, 2.24) is 15.2 Å². The van der Waals surface area contributed by atoms with Crippen LogP contribution in [0.3, 0.4) is 0 Å². The van der Waals surface area contributed by atoms with Crippen LogP contribution in [0.4, 0.5) is 9.52 Å². The van der Waals surface area contributed by atoms with Crippen LogP contribution in [0.1, 0.15) is 19.5 Å². The molecule has 126 valence electrons. The highest BCUT2D eigenvalue weighted by Crippen LogP contribution is 2.30. The molecule has 8 heteroatoms. The summed E-state index contributed by atoms with van der Waals surface area (Å²) < 4.78 is 13.9. The van der Waals surface area contributed by atoms with Gasteiger partial charge in [0, 0.05) is 23.2 Å². The third-order valence-corrected chi connectivity index (χ3v) is 6.04. The van der Waals surface area contributed by atoms with Crippen molar-refractivity contribution in [3.63, 3.8) is 0 Å². The van der Waals surface area contributed by atoms with E-state index in [-0.39, 0.29) is 5.82 Å². The van der Waals surface area contributed by atoms with Crippen LogP contribution in [0.5, 0.6) is 0 Å². The molecule has 3 rings (SSSR count). The van der Waals surface area contributed by atoms with Gasteiger partial charge in [-0.1, -0.05) is 36.9 Å². The van der Waals surface area contributed by atoms with Crippen molar-refractivity contribution < 1.29 is 4.39 Å². The van der Waals surface area contributed by atoms with E-state index in [9.17, 15) is 4.39 Å². The van der Waals surface area contributed by atoms with E-state index in [0.717, 1.165) is 38.0 Å². The largest absolute Gasteiger partial charge is 0.360 e. The van der Waals surface area contributed by atoms with E-state index >= 15 is 0 Å². The van der Waals surface area contributed by atoms with E-state index in [0.29, 0.717) is 5.92 Å². The summed E-state index contributed by atoms with van der Waals surface area (Å²) in [5.74, 6) is 1.09. The first kappa shape index (κ1) is 17.3. The predicted molar refractivity (Wildman–Crippen MR) is 100 cm³/mol. The van der Waals surface area contributed by atoms with Gasteiger partial charge in [0.15, 0.2) is 4.34 Å². The molecular formula is C16H17FN4S3. The zero-order valence-electron chi connectivity index (χ0n) is 13.3. The van der Waals surface area contributed by atoms with Gasteiger partial charge < -0.3 is 5.32 Å². The Morgan fingerprint density at radius 2 is 2.00 bits per heavy atom. The highest BCUT2D eigenvalue weighted by atomic mass is 32.2. The first-order chi connectivity index (χ1) is 11.6. The molecule has 0 spiro atoms. The van der Waals surface area contributed by atoms with Gasteiger partial charge in [-0.05, 0) is 30.2 Å². The normalized spacial score (nSPS) is 11.2. The molecular weight excluding hydrogens is 363 g/mol. The molecule has 0 radical (unpaired) electrons. The molecule has 4 nitrogen and oxygen atoms in total. The van der Waals surface area contributed by atoms with Crippen molar-refractivity contribution in [2.45, 2.75) is 23.9 Å². The number of aromatic nitrogens is 3. The molecule has 24 heavy (non-hydrogen) atoms. The van der Waals surface area contributed by atoms with Crippen molar-refractivity contribution in [3.05, 3.63) is 41.2 Å². The van der Waals surface area contributed by atoms with Gasteiger partial charge in [0.2, 0.25) is 5.13 Å². The topological polar surface area (TPSA) is 50.7 Å². The summed E-state index contributed by atoms with van der Waals surface area (Å²) in [4.78, 5) is 4.61. The van der Waals surface area contributed by atoms with Crippen LogP contribution >= 0.6 is 34.4 Å². The second-order valence-electron chi connectivity index (χ2n) is 5.59. The molecule has 0 saturated heterocycles. The third kappa shape index (κ3) is 4.75. The lowest BCUT2D eigenvalue weighted by Gasteiger charge is -2.03. The molecule has 0 aliphatic heterocycles. The number of anilines is 1. The van der Waals surface area contributed by atoms with Gasteiger partial charge >= 0.3 is 0 Å². The Hall–Kier alpha value is -1.51. The minimum atomic E-state index is -0.232. The van der Waals surface area contributed by atoms with Gasteiger partial charge in [-0.2, -0.15) is 0 Å². The summed E-state index contributed by atoms with van der Waals surface area (Å²) >= 11 is 4.76. The molecule has 0 amide bonds. The summed E-state index contributed by atoms with van der Waals surface area (Å²) in [5, 5.41) is 15.4. The summed E-state index contributed by atoms with van der Waals surface area (Å²) in [5.41, 5.74) is 1.94. The van der Waals surface area contributed by atoms with E-state index in [1.807, 2.05) is 5.38 Å². The van der Waals surface area contributed by atoms with E-state index in [1.54, 1.807) is 46.6 Å². The van der Waals surface area contributed by atoms with Crippen LogP contribution in [0.2, 0.25) is 0 Å². The molecule has 0 saturated carbocycles. The van der Waals surface area contributed by atoms with Gasteiger partial charge in [0.1, 0.15) is 10.8 Å². The minimum Gasteiger partial charge on any atom is -0.360 e. The zero-order valence-corrected chi connectivity index (χ0v) is 15.8. The second-order valence-corrected chi connectivity index (χ2v) is 8.65. The fraction of sp³-hybridized carbons (Fsp3) is 0.312. The summed E-state index contributed by atoms with van der Waals surface area (Å²) in [6.45, 7) is 5.21. The standard InChI is InChI=1S/C16H17FN4S3/c1-10(2)7-18-15-20-21-16(24-15)23-9-13-8-22-14(19-13)11-3-5-12(17)6-4-11/h3-6,8,10H,7,9H2,1-2H3,(H,18,20). The molecule has 0 unspecified atom stereocenters. The fourth-order valence-corrected chi connectivity index (χ4v) is 4.45. The van der Waals surface area contributed by atoms with E-state index < -0.39 is 0 Å². The minimum absolute atomic E-state index is 0.232. The molecule has 0 aliphatic rings. The number of hydrogen-bond acceptors (Lipinski definition) is 7. The number of rotatable bonds is 7. The SMILES string of the molecule is CC(C)CNc1nnc(SCc2csc(-c3ccc(F)cc3)n2)s1. The van der Waals surface area contributed by atoms with Gasteiger partial charge in [0.25, 0.3) is 0 Å². The first-order valence-corrected chi connectivity index (χ1v) is 10.2. The van der Waals surface area contributed by atoms with E-state index in [2.05, 4.69) is 34.3 Å². The highest BCUT2D eigenvalue weighted by molar-refractivity contribution is 8.00. The smallest absolute Gasteiger partial charge is 0.206 e. The van der Waals surface area contributed by atoms with Gasteiger partial charge in [0.05, 0.1) is 5.69 Å². The van der Waals surface area contributed by atoms with Crippen LogP contribution in [0.25, 0.3) is 10.6 Å². The number of halogens is 1. The second kappa shape index (κ2) is 8.04.